The van der Waals surface area contributed by atoms with Crippen LogP contribution in [0.25, 0.3) is 0 Å². The predicted molar refractivity (Wildman–Crippen MR) is 88.0 cm³/mol. The van der Waals surface area contributed by atoms with Gasteiger partial charge in [-0.3, -0.25) is 0 Å². The molecule has 22 heavy (non-hydrogen) atoms. The van der Waals surface area contributed by atoms with Crippen molar-refractivity contribution in [3.05, 3.63) is 29.8 Å². The van der Waals surface area contributed by atoms with E-state index in [0.717, 1.165) is 18.4 Å². The Balaban J connectivity index is 2.04. The van der Waals surface area contributed by atoms with Crippen LogP contribution in [0.1, 0.15) is 32.3 Å². The topological polar surface area (TPSA) is 87.8 Å². The Labute approximate surface area is 132 Å². The molecule has 1 fully saturated rings. The van der Waals surface area contributed by atoms with E-state index in [1.165, 1.54) is 0 Å². The lowest BCUT2D eigenvalue weighted by atomic mass is 10.2. The Bertz CT molecular complexity index is 617. The second kappa shape index (κ2) is 7.11. The molecule has 0 radical (unpaired) electrons. The molecule has 2 rings (SSSR count). The molecule has 1 aliphatic rings. The molecule has 7 heteroatoms. The first-order valence-electron chi connectivity index (χ1n) is 7.55. The fourth-order valence-corrected chi connectivity index (χ4v) is 3.88. The highest BCUT2D eigenvalue weighted by molar-refractivity contribution is 7.89. The van der Waals surface area contributed by atoms with Gasteiger partial charge in [0.2, 0.25) is 10.0 Å². The van der Waals surface area contributed by atoms with Gasteiger partial charge in [-0.15, -0.1) is 0 Å². The first-order valence-corrected chi connectivity index (χ1v) is 8.99. The van der Waals surface area contributed by atoms with Crippen LogP contribution < -0.4 is 11.1 Å². The van der Waals surface area contributed by atoms with Gasteiger partial charge in [-0.05, 0) is 44.4 Å². The van der Waals surface area contributed by atoms with E-state index in [-0.39, 0.29) is 6.04 Å². The Morgan fingerprint density at radius 3 is 2.41 bits per heavy atom. The molecule has 1 aliphatic heterocycles. The Morgan fingerprint density at radius 1 is 1.27 bits per heavy atom. The molecule has 1 saturated heterocycles. The van der Waals surface area contributed by atoms with Crippen molar-refractivity contribution in [2.45, 2.75) is 44.2 Å². The number of guanidine groups is 1. The number of rotatable bonds is 5. The molecule has 0 aliphatic carbocycles. The molecule has 0 amide bonds. The fraction of sp³-hybridized carbons (Fsp3) is 0.533. The van der Waals surface area contributed by atoms with Gasteiger partial charge in [0.25, 0.3) is 0 Å². The molecule has 0 saturated carbocycles. The van der Waals surface area contributed by atoms with Crippen molar-refractivity contribution in [1.29, 1.82) is 0 Å². The third-order valence-electron chi connectivity index (χ3n) is 3.49. The third kappa shape index (κ3) is 4.20. The van der Waals surface area contributed by atoms with E-state index in [0.29, 0.717) is 30.5 Å². The first kappa shape index (κ1) is 16.8. The lowest BCUT2D eigenvalue weighted by Gasteiger charge is -2.15. The molecule has 6 nitrogen and oxygen atoms in total. The summed E-state index contributed by atoms with van der Waals surface area (Å²) in [5.74, 6) is 0.392. The number of benzene rings is 1. The van der Waals surface area contributed by atoms with Crippen LogP contribution >= 0.6 is 0 Å². The summed E-state index contributed by atoms with van der Waals surface area (Å²) in [6.45, 7) is 5.63. The highest BCUT2D eigenvalue weighted by atomic mass is 32.2. The van der Waals surface area contributed by atoms with Crippen molar-refractivity contribution in [2.24, 2.45) is 10.7 Å². The summed E-state index contributed by atoms with van der Waals surface area (Å²) >= 11 is 0. The molecule has 0 spiro atoms. The van der Waals surface area contributed by atoms with E-state index in [4.69, 9.17) is 5.73 Å². The molecule has 0 bridgehead atoms. The van der Waals surface area contributed by atoms with Crippen molar-refractivity contribution in [3.63, 3.8) is 0 Å². The van der Waals surface area contributed by atoms with Gasteiger partial charge < -0.3 is 11.1 Å². The van der Waals surface area contributed by atoms with Gasteiger partial charge in [-0.25, -0.2) is 13.4 Å². The molecule has 1 heterocycles. The van der Waals surface area contributed by atoms with Gasteiger partial charge in [-0.2, -0.15) is 4.31 Å². The summed E-state index contributed by atoms with van der Waals surface area (Å²) < 4.78 is 26.3. The standard InChI is InChI=1S/C15H24N4O2S/c1-12(2)18-15(16)17-11-13-5-7-14(8-6-13)22(20,21)19-9-3-4-10-19/h5-8,12H,3-4,9-11H2,1-2H3,(H3,16,17,18). The average Bonchev–Trinajstić information content (AvgIpc) is 3.00. The number of nitrogens with two attached hydrogens (primary N) is 1. The largest absolute Gasteiger partial charge is 0.370 e. The van der Waals surface area contributed by atoms with E-state index in [1.54, 1.807) is 28.6 Å². The summed E-state index contributed by atoms with van der Waals surface area (Å²) in [4.78, 5) is 4.57. The van der Waals surface area contributed by atoms with Gasteiger partial charge in [0.1, 0.15) is 0 Å². The maximum absolute atomic E-state index is 12.4. The van der Waals surface area contributed by atoms with E-state index in [1.807, 2.05) is 13.8 Å². The van der Waals surface area contributed by atoms with Crippen LogP contribution in [-0.2, 0) is 16.6 Å². The van der Waals surface area contributed by atoms with Gasteiger partial charge in [-0.1, -0.05) is 12.1 Å². The minimum Gasteiger partial charge on any atom is -0.370 e. The van der Waals surface area contributed by atoms with Crippen molar-refractivity contribution in [3.8, 4) is 0 Å². The zero-order chi connectivity index (χ0) is 16.2. The normalized spacial score (nSPS) is 17.1. The van der Waals surface area contributed by atoms with Crippen molar-refractivity contribution >= 4 is 16.0 Å². The number of nitrogens with one attached hydrogen (secondary N) is 1. The van der Waals surface area contributed by atoms with Crippen molar-refractivity contribution in [1.82, 2.24) is 9.62 Å². The molecule has 0 aromatic heterocycles. The van der Waals surface area contributed by atoms with E-state index < -0.39 is 10.0 Å². The average molecular weight is 324 g/mol. The Morgan fingerprint density at radius 2 is 1.86 bits per heavy atom. The zero-order valence-electron chi connectivity index (χ0n) is 13.1. The van der Waals surface area contributed by atoms with Gasteiger partial charge in [0.05, 0.1) is 11.4 Å². The van der Waals surface area contributed by atoms with E-state index >= 15 is 0 Å². The van der Waals surface area contributed by atoms with Crippen LogP contribution in [0.15, 0.2) is 34.2 Å². The number of hydrogen-bond donors (Lipinski definition) is 2. The number of aliphatic imine (C=N–C) groups is 1. The van der Waals surface area contributed by atoms with Gasteiger partial charge in [0.15, 0.2) is 5.96 Å². The van der Waals surface area contributed by atoms with E-state index in [9.17, 15) is 8.42 Å². The monoisotopic (exact) mass is 324 g/mol. The molecule has 3 N–H and O–H groups in total. The lowest BCUT2D eigenvalue weighted by Crippen LogP contribution is -2.36. The minimum absolute atomic E-state index is 0.233. The highest BCUT2D eigenvalue weighted by Crippen LogP contribution is 2.21. The summed E-state index contributed by atoms with van der Waals surface area (Å²) in [6.07, 6.45) is 1.88. The summed E-state index contributed by atoms with van der Waals surface area (Å²) in [6, 6.07) is 7.09. The first-order chi connectivity index (χ1) is 10.4. The maximum atomic E-state index is 12.4. The minimum atomic E-state index is -3.34. The zero-order valence-corrected chi connectivity index (χ0v) is 13.9. The molecule has 0 unspecified atom stereocenters. The lowest BCUT2D eigenvalue weighted by molar-refractivity contribution is 0.477. The van der Waals surface area contributed by atoms with Crippen LogP contribution in [-0.4, -0.2) is 37.8 Å². The maximum Gasteiger partial charge on any atom is 0.243 e. The molecule has 0 atom stereocenters. The van der Waals surface area contributed by atoms with Crippen LogP contribution in [0.4, 0.5) is 0 Å². The highest BCUT2D eigenvalue weighted by Gasteiger charge is 2.26. The quantitative estimate of drug-likeness (QED) is 0.631. The fourth-order valence-electron chi connectivity index (χ4n) is 2.36. The summed E-state index contributed by atoms with van der Waals surface area (Å²) in [5, 5.41) is 3.01. The van der Waals surface area contributed by atoms with Crippen LogP contribution in [0.2, 0.25) is 0 Å². The summed E-state index contributed by atoms with van der Waals surface area (Å²) in [7, 11) is -3.34. The van der Waals surface area contributed by atoms with Crippen LogP contribution in [0.3, 0.4) is 0 Å². The van der Waals surface area contributed by atoms with Crippen molar-refractivity contribution < 1.29 is 8.42 Å². The second-order valence-corrected chi connectivity index (χ2v) is 7.69. The second-order valence-electron chi connectivity index (χ2n) is 5.76. The molecule has 1 aromatic carbocycles. The Hall–Kier alpha value is -1.60. The van der Waals surface area contributed by atoms with Crippen LogP contribution in [0.5, 0.6) is 0 Å². The van der Waals surface area contributed by atoms with E-state index in [2.05, 4.69) is 10.3 Å². The number of hydrogen-bond acceptors (Lipinski definition) is 3. The van der Waals surface area contributed by atoms with Crippen molar-refractivity contribution in [2.75, 3.05) is 13.1 Å². The molecular weight excluding hydrogens is 300 g/mol. The van der Waals surface area contributed by atoms with Gasteiger partial charge >= 0.3 is 0 Å². The third-order valence-corrected chi connectivity index (χ3v) is 5.41. The predicted octanol–water partition coefficient (Wildman–Crippen LogP) is 1.28. The van der Waals surface area contributed by atoms with Crippen LogP contribution in [0, 0.1) is 0 Å². The molecular formula is C15H24N4O2S. The molecule has 1 aromatic rings. The summed E-state index contributed by atoms with van der Waals surface area (Å²) in [5.41, 5.74) is 6.67. The Kier molecular flexibility index (Phi) is 5.42. The molecule has 122 valence electrons. The SMILES string of the molecule is CC(C)NC(N)=NCc1ccc(S(=O)(=O)N2CCCC2)cc1. The number of sulfonamides is 1. The van der Waals surface area contributed by atoms with Gasteiger partial charge in [0, 0.05) is 19.1 Å². The number of nitrogens with zero attached hydrogens (tertiary/aromatic N) is 2. The smallest absolute Gasteiger partial charge is 0.243 e.